The number of rotatable bonds is 5. The van der Waals surface area contributed by atoms with E-state index in [0.717, 1.165) is 6.07 Å². The molecule has 11 nitrogen and oxygen atoms in total. The van der Waals surface area contributed by atoms with Gasteiger partial charge < -0.3 is 15.0 Å². The summed E-state index contributed by atoms with van der Waals surface area (Å²) in [5.41, 5.74) is 0.224. The Morgan fingerprint density at radius 2 is 1.62 bits per heavy atom. The molecule has 0 unspecified atom stereocenters. The van der Waals surface area contributed by atoms with Crippen molar-refractivity contribution in [2.45, 2.75) is 16.7 Å². The van der Waals surface area contributed by atoms with Crippen molar-refractivity contribution in [3.63, 3.8) is 0 Å². The van der Waals surface area contributed by atoms with Crippen LogP contribution >= 0.6 is 0 Å². The minimum Gasteiger partial charge on any atom is -0.744 e. The molecule has 0 bridgehead atoms. The summed E-state index contributed by atoms with van der Waals surface area (Å²) in [6.45, 7) is 1.22. The Morgan fingerprint density at radius 3 is 2.16 bits per heavy atom. The summed E-state index contributed by atoms with van der Waals surface area (Å²) in [5, 5.41) is 25.7. The van der Waals surface area contributed by atoms with Gasteiger partial charge in [-0.05, 0) is 42.5 Å². The van der Waals surface area contributed by atoms with E-state index in [1.165, 1.54) is 49.4 Å². The summed E-state index contributed by atoms with van der Waals surface area (Å²) in [6.07, 6.45) is 0. The SMILES string of the molecule is CC(=O)Nc1ccc(S(=O)(=O)[O-])c2ccc(/N=N/c3ccc(S(N)(=O)=O)cc3)c(O)c12.[Na+]. The second-order valence-corrected chi connectivity index (χ2v) is 9.25. The fraction of sp³-hybridized carbons (Fsp3) is 0.0556. The van der Waals surface area contributed by atoms with Crippen molar-refractivity contribution in [2.75, 3.05) is 5.32 Å². The molecule has 0 aliphatic heterocycles. The van der Waals surface area contributed by atoms with Crippen molar-refractivity contribution in [3.8, 4) is 5.75 Å². The molecule has 1 amide bonds. The number of amides is 1. The fourth-order valence-electron chi connectivity index (χ4n) is 2.80. The first-order valence-electron chi connectivity index (χ1n) is 8.44. The smallest absolute Gasteiger partial charge is 0.744 e. The van der Waals surface area contributed by atoms with E-state index in [0.29, 0.717) is 0 Å². The second kappa shape index (κ2) is 9.62. The molecule has 0 radical (unpaired) electrons. The summed E-state index contributed by atoms with van der Waals surface area (Å²) >= 11 is 0. The average Bonchev–Trinajstić information content (AvgIpc) is 2.65. The van der Waals surface area contributed by atoms with Crippen molar-refractivity contribution in [1.29, 1.82) is 0 Å². The van der Waals surface area contributed by atoms with Gasteiger partial charge in [0.2, 0.25) is 15.9 Å². The molecule has 0 heterocycles. The third-order valence-corrected chi connectivity index (χ3v) is 5.94. The first kappa shape index (κ1) is 25.9. The van der Waals surface area contributed by atoms with E-state index in [1.807, 2.05) is 0 Å². The topological polar surface area (TPSA) is 191 Å². The Balaban J connectivity index is 0.00000363. The Morgan fingerprint density at radius 1 is 1.00 bits per heavy atom. The van der Waals surface area contributed by atoms with Crippen LogP contribution in [0.3, 0.4) is 0 Å². The monoisotopic (exact) mass is 486 g/mol. The number of sulfonamides is 1. The van der Waals surface area contributed by atoms with Gasteiger partial charge in [0, 0.05) is 12.3 Å². The van der Waals surface area contributed by atoms with Gasteiger partial charge in [0.15, 0.2) is 5.75 Å². The van der Waals surface area contributed by atoms with Crippen molar-refractivity contribution in [2.24, 2.45) is 15.4 Å². The number of phenolic OH excluding ortho intramolecular Hbond substituents is 1. The molecular formula is C18H15N4NaO7S2. The molecule has 0 aromatic heterocycles. The molecule has 162 valence electrons. The average molecular weight is 486 g/mol. The quantitative estimate of drug-likeness (QED) is 0.245. The number of nitrogens with one attached hydrogen (secondary N) is 1. The van der Waals surface area contributed by atoms with Crippen molar-refractivity contribution in [1.82, 2.24) is 0 Å². The van der Waals surface area contributed by atoms with Crippen LogP contribution in [0, 0.1) is 0 Å². The molecule has 14 heteroatoms. The Hall–Kier alpha value is -2.39. The van der Waals surface area contributed by atoms with Crippen molar-refractivity contribution >= 4 is 53.9 Å². The van der Waals surface area contributed by atoms with E-state index in [1.54, 1.807) is 0 Å². The summed E-state index contributed by atoms with van der Waals surface area (Å²) in [5.74, 6) is -1.00. The third kappa shape index (κ3) is 5.69. The van der Waals surface area contributed by atoms with Crippen LogP contribution in [0.25, 0.3) is 10.8 Å². The number of primary sulfonamides is 1. The minimum absolute atomic E-state index is 0. The van der Waals surface area contributed by atoms with Crippen molar-refractivity contribution < 1.29 is 60.8 Å². The molecular weight excluding hydrogens is 471 g/mol. The number of azo groups is 1. The van der Waals surface area contributed by atoms with Gasteiger partial charge in [0.25, 0.3) is 0 Å². The van der Waals surface area contributed by atoms with Gasteiger partial charge in [-0.2, -0.15) is 5.11 Å². The van der Waals surface area contributed by atoms with Crippen LogP contribution in [-0.4, -0.2) is 32.4 Å². The van der Waals surface area contributed by atoms with Crippen LogP contribution in [0.2, 0.25) is 0 Å². The van der Waals surface area contributed by atoms with Gasteiger partial charge in [-0.25, -0.2) is 22.0 Å². The summed E-state index contributed by atoms with van der Waals surface area (Å²) in [7, 11) is -8.73. The zero-order valence-corrected chi connectivity index (χ0v) is 20.4. The van der Waals surface area contributed by atoms with E-state index in [-0.39, 0.29) is 62.3 Å². The number of nitrogens with zero attached hydrogens (tertiary/aromatic N) is 2. The van der Waals surface area contributed by atoms with Crippen LogP contribution < -0.4 is 40.0 Å². The molecule has 32 heavy (non-hydrogen) atoms. The number of aromatic hydroxyl groups is 1. The third-order valence-electron chi connectivity index (χ3n) is 4.11. The molecule has 0 spiro atoms. The van der Waals surface area contributed by atoms with E-state index >= 15 is 0 Å². The van der Waals surface area contributed by atoms with Gasteiger partial charge in [-0.1, -0.05) is 6.07 Å². The molecule has 0 fully saturated rings. The van der Waals surface area contributed by atoms with Gasteiger partial charge in [0.1, 0.15) is 15.8 Å². The van der Waals surface area contributed by atoms with Crippen LogP contribution in [0.5, 0.6) is 5.75 Å². The molecule has 3 rings (SSSR count). The van der Waals surface area contributed by atoms with E-state index < -0.39 is 36.7 Å². The molecule has 4 N–H and O–H groups in total. The van der Waals surface area contributed by atoms with E-state index in [4.69, 9.17) is 5.14 Å². The fourth-order valence-corrected chi connectivity index (χ4v) is 3.99. The van der Waals surface area contributed by atoms with Gasteiger partial charge in [0.05, 0.1) is 26.6 Å². The molecule has 0 atom stereocenters. The number of fused-ring (bicyclic) bond motifs is 1. The Kier molecular flexibility index (Phi) is 7.78. The molecule has 0 saturated heterocycles. The molecule has 0 saturated carbocycles. The number of anilines is 1. The number of benzene rings is 3. The predicted octanol–water partition coefficient (Wildman–Crippen LogP) is -0.525. The zero-order chi connectivity index (χ0) is 23.0. The largest absolute Gasteiger partial charge is 1.00 e. The maximum Gasteiger partial charge on any atom is 1.00 e. The Bertz CT molecular complexity index is 1440. The molecule has 0 aliphatic carbocycles. The molecule has 3 aromatic carbocycles. The molecule has 3 aromatic rings. The minimum atomic E-state index is -4.86. The first-order valence-corrected chi connectivity index (χ1v) is 11.4. The first-order chi connectivity index (χ1) is 14.4. The summed E-state index contributed by atoms with van der Waals surface area (Å²) < 4.78 is 57.3. The maximum absolute atomic E-state index is 11.6. The van der Waals surface area contributed by atoms with Gasteiger partial charge >= 0.3 is 29.6 Å². The van der Waals surface area contributed by atoms with E-state index in [9.17, 15) is 31.3 Å². The number of hydrogen-bond donors (Lipinski definition) is 3. The number of carbonyl (C=O) groups excluding carboxylic acids is 1. The number of nitrogens with two attached hydrogens (primary N) is 1. The van der Waals surface area contributed by atoms with E-state index in [2.05, 4.69) is 15.5 Å². The van der Waals surface area contributed by atoms with Crippen LogP contribution in [0.15, 0.2) is 68.6 Å². The summed E-state index contributed by atoms with van der Waals surface area (Å²) in [6, 6.07) is 9.84. The maximum atomic E-state index is 11.6. The number of carbonyl (C=O) groups is 1. The standard InChI is InChI=1S/C18H16N4O7S2.Na/c1-10(23)20-14-8-9-16(31(27,28)29)13-6-7-15(18(24)17(13)14)22-21-11-2-4-12(5-3-11)30(19,25)26;/h2-9,24H,1H3,(H,20,23)(H2,19,25,26)(H,27,28,29);/q;+1/p-1/b22-21+;. The van der Waals surface area contributed by atoms with Crippen molar-refractivity contribution in [3.05, 3.63) is 48.5 Å². The Labute approximate surface area is 205 Å². The van der Waals surface area contributed by atoms with Crippen LogP contribution in [-0.2, 0) is 24.9 Å². The summed E-state index contributed by atoms with van der Waals surface area (Å²) in [4.78, 5) is 10.8. The van der Waals surface area contributed by atoms with Crippen LogP contribution in [0.1, 0.15) is 6.92 Å². The normalized spacial score (nSPS) is 12.0. The van der Waals surface area contributed by atoms with Crippen LogP contribution in [0.4, 0.5) is 17.1 Å². The number of phenols is 1. The zero-order valence-electron chi connectivity index (χ0n) is 16.8. The van der Waals surface area contributed by atoms with Gasteiger partial charge in [-0.15, -0.1) is 5.11 Å². The second-order valence-electron chi connectivity index (χ2n) is 6.34. The molecule has 0 aliphatic rings. The predicted molar refractivity (Wildman–Crippen MR) is 110 cm³/mol. The number of hydrogen-bond acceptors (Lipinski definition) is 9. The van der Waals surface area contributed by atoms with Gasteiger partial charge in [-0.3, -0.25) is 4.79 Å².